The van der Waals surface area contributed by atoms with E-state index < -0.39 is 0 Å². The van der Waals surface area contributed by atoms with Crippen LogP contribution in [0, 0.1) is 0 Å². The summed E-state index contributed by atoms with van der Waals surface area (Å²) in [5, 5.41) is 3.17. The van der Waals surface area contributed by atoms with E-state index in [1.54, 1.807) is 11.3 Å². The monoisotopic (exact) mass is 212 g/mol. The number of piperazine rings is 1. The van der Waals surface area contributed by atoms with Crippen molar-refractivity contribution in [1.29, 1.82) is 0 Å². The number of nitrogens with two attached hydrogens (primary N) is 1. The van der Waals surface area contributed by atoms with Crippen molar-refractivity contribution >= 4 is 16.5 Å². The molecule has 2 N–H and O–H groups in total. The number of rotatable bonds is 2. The lowest BCUT2D eigenvalue weighted by Gasteiger charge is -2.32. The van der Waals surface area contributed by atoms with Crippen LogP contribution in [0.1, 0.15) is 5.69 Å². The lowest BCUT2D eigenvalue weighted by atomic mass is 10.3. The molecule has 5 heteroatoms. The Hall–Kier alpha value is -0.650. The van der Waals surface area contributed by atoms with Gasteiger partial charge in [-0.2, -0.15) is 0 Å². The third-order valence-electron chi connectivity index (χ3n) is 2.52. The molecular formula is C9H16N4S. The fraction of sp³-hybridized carbons (Fsp3) is 0.667. The smallest absolute Gasteiger partial charge is 0.185 e. The molecule has 0 unspecified atom stereocenters. The molecule has 0 aromatic carbocycles. The fourth-order valence-corrected chi connectivity index (χ4v) is 2.42. The van der Waals surface area contributed by atoms with Gasteiger partial charge in [-0.15, -0.1) is 11.3 Å². The molecule has 0 amide bonds. The van der Waals surface area contributed by atoms with Gasteiger partial charge in [-0.3, -0.25) is 0 Å². The summed E-state index contributed by atoms with van der Waals surface area (Å²) in [4.78, 5) is 9.16. The molecule has 1 aliphatic rings. The Balaban J connectivity index is 2.01. The summed E-state index contributed by atoms with van der Waals surface area (Å²) in [5.74, 6) is 0. The normalized spacial score (nSPS) is 18.9. The zero-order chi connectivity index (χ0) is 9.97. The van der Waals surface area contributed by atoms with Crippen LogP contribution in [-0.4, -0.2) is 43.1 Å². The van der Waals surface area contributed by atoms with Crippen molar-refractivity contribution in [3.63, 3.8) is 0 Å². The summed E-state index contributed by atoms with van der Waals surface area (Å²) < 4.78 is 0. The van der Waals surface area contributed by atoms with E-state index in [4.69, 9.17) is 5.73 Å². The zero-order valence-corrected chi connectivity index (χ0v) is 9.26. The van der Waals surface area contributed by atoms with E-state index in [0.717, 1.165) is 37.0 Å². The first-order chi connectivity index (χ1) is 6.79. The maximum atomic E-state index is 5.53. The summed E-state index contributed by atoms with van der Waals surface area (Å²) in [6.07, 6.45) is 0. The van der Waals surface area contributed by atoms with Gasteiger partial charge in [0.2, 0.25) is 0 Å². The Kier molecular flexibility index (Phi) is 3.00. The van der Waals surface area contributed by atoms with Gasteiger partial charge in [0.15, 0.2) is 5.13 Å². The predicted molar refractivity (Wildman–Crippen MR) is 59.7 cm³/mol. The molecule has 2 rings (SSSR count). The van der Waals surface area contributed by atoms with Gasteiger partial charge in [-0.1, -0.05) is 0 Å². The lowest BCUT2D eigenvalue weighted by molar-refractivity contribution is 0.312. The molecule has 14 heavy (non-hydrogen) atoms. The van der Waals surface area contributed by atoms with Gasteiger partial charge in [0.05, 0.1) is 5.69 Å². The lowest BCUT2D eigenvalue weighted by Crippen LogP contribution is -2.44. The molecular weight excluding hydrogens is 196 g/mol. The molecule has 1 fully saturated rings. The van der Waals surface area contributed by atoms with Crippen molar-refractivity contribution < 1.29 is 0 Å². The van der Waals surface area contributed by atoms with Gasteiger partial charge >= 0.3 is 0 Å². The predicted octanol–water partition coefficient (Wildman–Crippen LogP) is 0.354. The van der Waals surface area contributed by atoms with Crippen LogP contribution in [0.4, 0.5) is 5.13 Å². The van der Waals surface area contributed by atoms with Gasteiger partial charge in [-0.05, 0) is 7.05 Å². The molecule has 1 aromatic heterocycles. The first-order valence-corrected chi connectivity index (χ1v) is 5.75. The second kappa shape index (κ2) is 4.25. The van der Waals surface area contributed by atoms with Gasteiger partial charge in [-0.25, -0.2) is 4.98 Å². The minimum absolute atomic E-state index is 0.546. The number of nitrogens with zero attached hydrogens (tertiary/aromatic N) is 3. The standard InChI is InChI=1S/C9H16N4S/c1-12-2-4-13(5-3-12)9-11-8(6-10)7-14-9/h7H,2-6,10H2,1H3. The van der Waals surface area contributed by atoms with E-state index in [9.17, 15) is 0 Å². The van der Waals surface area contributed by atoms with Crippen LogP contribution in [0.5, 0.6) is 0 Å². The minimum Gasteiger partial charge on any atom is -0.346 e. The van der Waals surface area contributed by atoms with Crippen molar-refractivity contribution in [2.45, 2.75) is 6.54 Å². The van der Waals surface area contributed by atoms with E-state index in [1.165, 1.54) is 0 Å². The van der Waals surface area contributed by atoms with Gasteiger partial charge < -0.3 is 15.5 Å². The summed E-state index contributed by atoms with van der Waals surface area (Å²) in [7, 11) is 2.16. The summed E-state index contributed by atoms with van der Waals surface area (Å²) in [5.41, 5.74) is 6.54. The number of aromatic nitrogens is 1. The first-order valence-electron chi connectivity index (χ1n) is 4.87. The maximum absolute atomic E-state index is 5.53. The van der Waals surface area contributed by atoms with Crippen LogP contribution in [-0.2, 0) is 6.54 Å². The molecule has 0 saturated carbocycles. The Bertz CT molecular complexity index is 291. The minimum atomic E-state index is 0.546. The zero-order valence-electron chi connectivity index (χ0n) is 8.44. The van der Waals surface area contributed by atoms with E-state index in [-0.39, 0.29) is 0 Å². The number of likely N-dealkylation sites (N-methyl/N-ethyl adjacent to an activating group) is 1. The molecule has 0 atom stereocenters. The number of hydrogen-bond donors (Lipinski definition) is 1. The van der Waals surface area contributed by atoms with E-state index >= 15 is 0 Å². The summed E-state index contributed by atoms with van der Waals surface area (Å²) in [6.45, 7) is 4.95. The second-order valence-corrected chi connectivity index (χ2v) is 4.45. The fourth-order valence-electron chi connectivity index (χ4n) is 1.53. The Morgan fingerprint density at radius 2 is 2.14 bits per heavy atom. The van der Waals surface area contributed by atoms with Crippen molar-refractivity contribution in [2.75, 3.05) is 38.1 Å². The van der Waals surface area contributed by atoms with Gasteiger partial charge in [0, 0.05) is 38.1 Å². The SMILES string of the molecule is CN1CCN(c2nc(CN)cs2)CC1. The highest BCUT2D eigenvalue weighted by molar-refractivity contribution is 7.13. The van der Waals surface area contributed by atoms with Crippen LogP contribution in [0.15, 0.2) is 5.38 Å². The molecule has 1 saturated heterocycles. The van der Waals surface area contributed by atoms with Crippen LogP contribution in [0.25, 0.3) is 0 Å². The highest BCUT2D eigenvalue weighted by Crippen LogP contribution is 2.21. The molecule has 4 nitrogen and oxygen atoms in total. The largest absolute Gasteiger partial charge is 0.346 e. The topological polar surface area (TPSA) is 45.4 Å². The molecule has 1 aliphatic heterocycles. The third kappa shape index (κ3) is 2.05. The summed E-state index contributed by atoms with van der Waals surface area (Å²) >= 11 is 1.70. The summed E-state index contributed by atoms with van der Waals surface area (Å²) in [6, 6.07) is 0. The quantitative estimate of drug-likeness (QED) is 0.768. The Morgan fingerprint density at radius 3 is 2.71 bits per heavy atom. The Labute approximate surface area is 88.3 Å². The molecule has 1 aromatic rings. The highest BCUT2D eigenvalue weighted by atomic mass is 32.1. The van der Waals surface area contributed by atoms with Crippen LogP contribution < -0.4 is 10.6 Å². The van der Waals surface area contributed by atoms with Crippen molar-refractivity contribution in [2.24, 2.45) is 5.73 Å². The average Bonchev–Trinajstić information content (AvgIpc) is 2.67. The van der Waals surface area contributed by atoms with Crippen LogP contribution in [0.2, 0.25) is 0 Å². The van der Waals surface area contributed by atoms with Crippen molar-refractivity contribution in [1.82, 2.24) is 9.88 Å². The van der Waals surface area contributed by atoms with Crippen molar-refractivity contribution in [3.8, 4) is 0 Å². The number of thiazole rings is 1. The van der Waals surface area contributed by atoms with Crippen molar-refractivity contribution in [3.05, 3.63) is 11.1 Å². The third-order valence-corrected chi connectivity index (χ3v) is 3.47. The van der Waals surface area contributed by atoms with E-state index in [0.29, 0.717) is 6.54 Å². The van der Waals surface area contributed by atoms with Crippen LogP contribution in [0.3, 0.4) is 0 Å². The molecule has 2 heterocycles. The van der Waals surface area contributed by atoms with E-state index in [2.05, 4.69) is 21.8 Å². The molecule has 0 aliphatic carbocycles. The first kappa shape index (κ1) is 9.89. The Morgan fingerprint density at radius 1 is 1.43 bits per heavy atom. The average molecular weight is 212 g/mol. The van der Waals surface area contributed by atoms with Crippen LogP contribution >= 0.6 is 11.3 Å². The molecule has 0 spiro atoms. The molecule has 78 valence electrons. The molecule has 0 radical (unpaired) electrons. The molecule has 0 bridgehead atoms. The number of anilines is 1. The van der Waals surface area contributed by atoms with Gasteiger partial charge in [0.25, 0.3) is 0 Å². The second-order valence-electron chi connectivity index (χ2n) is 3.62. The maximum Gasteiger partial charge on any atom is 0.185 e. The van der Waals surface area contributed by atoms with E-state index in [1.807, 2.05) is 5.38 Å². The van der Waals surface area contributed by atoms with Gasteiger partial charge in [0.1, 0.15) is 0 Å². The highest BCUT2D eigenvalue weighted by Gasteiger charge is 2.16. The number of hydrogen-bond acceptors (Lipinski definition) is 5.